The van der Waals surface area contributed by atoms with Crippen molar-refractivity contribution >= 4 is 55.2 Å². The van der Waals surface area contributed by atoms with Crippen LogP contribution in [0.4, 0.5) is 37.7 Å². The lowest BCUT2D eigenvalue weighted by Gasteiger charge is -2.47. The van der Waals surface area contributed by atoms with Gasteiger partial charge in [0.2, 0.25) is 11.8 Å². The number of alkyl halides is 4. The fourth-order valence-corrected chi connectivity index (χ4v) is 14.7. The molecule has 0 bridgehead atoms. The zero-order valence-electron chi connectivity index (χ0n) is 46.4. The van der Waals surface area contributed by atoms with Crippen LogP contribution in [0.3, 0.4) is 0 Å². The van der Waals surface area contributed by atoms with E-state index in [4.69, 9.17) is 9.47 Å². The van der Waals surface area contributed by atoms with Crippen molar-refractivity contribution in [3.05, 3.63) is 144 Å². The molecule has 2 amide bonds. The van der Waals surface area contributed by atoms with E-state index in [1.165, 1.54) is 86.6 Å². The van der Waals surface area contributed by atoms with Crippen molar-refractivity contribution in [3.8, 4) is 45.3 Å². The first-order chi connectivity index (χ1) is 40.5. The number of nitrogens with one attached hydrogen (secondary N) is 2. The quantitative estimate of drug-likeness (QED) is 0.0585. The van der Waals surface area contributed by atoms with Crippen molar-refractivity contribution in [3.63, 3.8) is 0 Å². The maximum absolute atomic E-state index is 14.3. The minimum atomic E-state index is -4.20. The third-order valence-electron chi connectivity index (χ3n) is 15.3. The van der Waals surface area contributed by atoms with Crippen LogP contribution < -0.4 is 38.2 Å². The second-order valence-electron chi connectivity index (χ2n) is 21.8. The maximum Gasteiger partial charge on any atom is 0.387 e. The van der Waals surface area contributed by atoms with Crippen LogP contribution in [0.25, 0.3) is 22.3 Å². The van der Waals surface area contributed by atoms with Gasteiger partial charge in [0.05, 0.1) is 45.1 Å². The number of halogens is 6. The smallest absolute Gasteiger partial charge is 0.387 e. The van der Waals surface area contributed by atoms with Crippen LogP contribution >= 0.6 is 0 Å². The Balaban J connectivity index is 0.000000205. The molecule has 4 aliphatic rings. The molecule has 0 aromatic heterocycles. The zero-order chi connectivity index (χ0) is 62.2. The van der Waals surface area contributed by atoms with Crippen LogP contribution in [0, 0.1) is 36.3 Å². The molecule has 2 heterocycles. The average molecular weight is 1240 g/mol. The standard InChI is InChI=1S/2C30H29F3N2O7S/c2*1-17-4-3-5-25(8-17)43(39,40)35-16-24(15-30(28(37)38)13-22(14-30)34-18(2)36)41-27-7-6-19(11-26(27)35)20-9-21(31)12-23(10-20)42-29(32)33/h2*3-12,22,24,29H,13-16H2,1-2H3,(H,34,36)(H,37,38)/t2*22?,24-,30?/m00/s1. The van der Waals surface area contributed by atoms with Crippen molar-refractivity contribution < 1.29 is 91.5 Å². The number of fused-ring (bicyclic) bond motifs is 2. The number of nitrogens with zero attached hydrogens (tertiary/aromatic N) is 2. The lowest BCUT2D eigenvalue weighted by atomic mass is 9.62. The monoisotopic (exact) mass is 1240 g/mol. The highest BCUT2D eigenvalue weighted by molar-refractivity contribution is 7.93. The van der Waals surface area contributed by atoms with E-state index < -0.39 is 91.4 Å². The van der Waals surface area contributed by atoms with Gasteiger partial charge in [-0.05, 0) is 146 Å². The molecule has 10 rings (SSSR count). The number of carbonyl (C=O) groups is 4. The van der Waals surface area contributed by atoms with Crippen molar-refractivity contribution in [1.29, 1.82) is 0 Å². The van der Waals surface area contributed by atoms with Gasteiger partial charge in [0.1, 0.15) is 46.8 Å². The van der Waals surface area contributed by atoms with Gasteiger partial charge in [-0.3, -0.25) is 27.8 Å². The number of amides is 2. The molecule has 2 aliphatic heterocycles. The van der Waals surface area contributed by atoms with E-state index in [2.05, 4.69) is 20.1 Å². The maximum atomic E-state index is 14.3. The summed E-state index contributed by atoms with van der Waals surface area (Å²) < 4.78 is 159. The van der Waals surface area contributed by atoms with E-state index in [-0.39, 0.29) is 119 Å². The third kappa shape index (κ3) is 13.6. The lowest BCUT2D eigenvalue weighted by molar-refractivity contribution is -0.160. The van der Waals surface area contributed by atoms with Gasteiger partial charge in [0, 0.05) is 50.9 Å². The molecule has 2 atom stereocenters. The Morgan fingerprint density at radius 1 is 0.558 bits per heavy atom. The van der Waals surface area contributed by atoms with Crippen LogP contribution in [-0.4, -0.2) is 101 Å². The summed E-state index contributed by atoms with van der Waals surface area (Å²) in [5.41, 5.74) is 0.131. The predicted octanol–water partition coefficient (Wildman–Crippen LogP) is 10.2. The van der Waals surface area contributed by atoms with Crippen molar-refractivity contribution in [2.45, 2.75) is 114 Å². The number of hydrogen-bond acceptors (Lipinski definition) is 12. The Morgan fingerprint density at radius 2 is 0.930 bits per heavy atom. The molecule has 0 unspecified atom stereocenters. The Labute approximate surface area is 490 Å². The van der Waals surface area contributed by atoms with Crippen LogP contribution in [0.1, 0.15) is 63.5 Å². The highest BCUT2D eigenvalue weighted by Crippen LogP contribution is 2.51. The Hall–Kier alpha value is -8.52. The van der Waals surface area contributed by atoms with E-state index in [1.54, 1.807) is 38.1 Å². The van der Waals surface area contributed by atoms with Crippen LogP contribution in [0.15, 0.2) is 131 Å². The van der Waals surface area contributed by atoms with E-state index in [9.17, 15) is 72.6 Å². The highest BCUT2D eigenvalue weighted by atomic mass is 32.2. The van der Waals surface area contributed by atoms with Gasteiger partial charge in [-0.15, -0.1) is 0 Å². The van der Waals surface area contributed by atoms with E-state index >= 15 is 0 Å². The number of aryl methyl sites for hydroxylation is 2. The van der Waals surface area contributed by atoms with E-state index in [0.717, 1.165) is 32.9 Å². The molecule has 0 spiro atoms. The summed E-state index contributed by atoms with van der Waals surface area (Å²) in [6.07, 6.45) is -1.07. The average Bonchev–Trinajstić information content (AvgIpc) is 2.93. The Kier molecular flexibility index (Phi) is 17.6. The van der Waals surface area contributed by atoms with Gasteiger partial charge in [0.25, 0.3) is 20.0 Å². The lowest BCUT2D eigenvalue weighted by Crippen LogP contribution is -2.57. The minimum absolute atomic E-state index is 0.00481. The molecule has 0 radical (unpaired) electrons. The molecule has 2 aliphatic carbocycles. The summed E-state index contributed by atoms with van der Waals surface area (Å²) in [7, 11) is -8.40. The molecule has 86 heavy (non-hydrogen) atoms. The number of carboxylic acid groups (broad SMARTS) is 2. The first-order valence-electron chi connectivity index (χ1n) is 26.8. The van der Waals surface area contributed by atoms with Gasteiger partial charge in [0.15, 0.2) is 0 Å². The van der Waals surface area contributed by atoms with Crippen LogP contribution in [0.5, 0.6) is 23.0 Å². The van der Waals surface area contributed by atoms with Crippen molar-refractivity contribution in [2.24, 2.45) is 10.8 Å². The van der Waals surface area contributed by atoms with E-state index in [1.807, 2.05) is 0 Å². The van der Waals surface area contributed by atoms with Gasteiger partial charge in [-0.1, -0.05) is 36.4 Å². The fourth-order valence-electron chi connectivity index (χ4n) is 11.5. The molecule has 456 valence electrons. The van der Waals surface area contributed by atoms with Gasteiger partial charge >= 0.3 is 25.2 Å². The highest BCUT2D eigenvalue weighted by Gasteiger charge is 2.55. The molecule has 2 saturated carbocycles. The molecule has 6 aromatic carbocycles. The first-order valence-corrected chi connectivity index (χ1v) is 29.7. The number of benzene rings is 6. The largest absolute Gasteiger partial charge is 0.486 e. The van der Waals surface area contributed by atoms with Crippen molar-refractivity contribution in [2.75, 3.05) is 21.7 Å². The molecule has 0 saturated heterocycles. The predicted molar refractivity (Wildman–Crippen MR) is 300 cm³/mol. The molecule has 6 aromatic rings. The molecular formula is C60H58F6N4O14S2. The number of ether oxygens (including phenoxy) is 4. The number of anilines is 2. The number of aliphatic carboxylic acids is 2. The topological polar surface area (TPSA) is 244 Å². The number of sulfonamides is 2. The number of carbonyl (C=O) groups excluding carboxylic acids is 2. The number of rotatable bonds is 18. The second kappa shape index (κ2) is 24.5. The summed E-state index contributed by atoms with van der Waals surface area (Å²) in [4.78, 5) is 47.6. The zero-order valence-corrected chi connectivity index (χ0v) is 48.1. The number of hydrogen-bond donors (Lipinski definition) is 4. The second-order valence-corrected chi connectivity index (χ2v) is 25.6. The molecule has 26 heteroatoms. The fraction of sp³-hybridized carbons (Fsp3) is 0.333. The van der Waals surface area contributed by atoms with Gasteiger partial charge in [-0.2, -0.15) is 17.6 Å². The van der Waals surface area contributed by atoms with Crippen LogP contribution in [0.2, 0.25) is 0 Å². The van der Waals surface area contributed by atoms with Crippen molar-refractivity contribution in [1.82, 2.24) is 10.6 Å². The SMILES string of the molecule is CC(=O)NC1CC(C[C@H]2CN(S(=O)(=O)c3cccc(C)c3)c3cc(-c4cc(F)cc(OC(F)F)c4)ccc3O2)(C(=O)O)C1.CC(=O)NC1CC(C[C@H]2CN(S(=O)(=O)c3cccc(C)c3)c3cc(-c4cc(F)cc(OC(F)F)c4)ccc3O2)(C(=O)O)C1. The van der Waals surface area contributed by atoms with Gasteiger partial charge in [-0.25, -0.2) is 25.6 Å². The van der Waals surface area contributed by atoms with E-state index in [0.29, 0.717) is 22.3 Å². The summed E-state index contributed by atoms with van der Waals surface area (Å²) >= 11 is 0. The molecule has 4 N–H and O–H groups in total. The summed E-state index contributed by atoms with van der Waals surface area (Å²) in [6.45, 7) is -0.607. The normalized spacial score (nSPS) is 21.4. The summed E-state index contributed by atoms with van der Waals surface area (Å²) in [6, 6.07) is 27.1. The molecular weight excluding hydrogens is 1180 g/mol. The Morgan fingerprint density at radius 3 is 1.26 bits per heavy atom. The summed E-state index contributed by atoms with van der Waals surface area (Å²) in [5, 5.41) is 25.6. The minimum Gasteiger partial charge on any atom is -0.486 e. The van der Waals surface area contributed by atoms with Crippen LogP contribution in [-0.2, 0) is 39.2 Å². The Bertz CT molecular complexity index is 3600. The number of carboxylic acids is 2. The third-order valence-corrected chi connectivity index (χ3v) is 18.9. The summed E-state index contributed by atoms with van der Waals surface area (Å²) in [5.74, 6) is -4.86. The van der Waals surface area contributed by atoms with Gasteiger partial charge < -0.3 is 39.8 Å². The molecule has 18 nitrogen and oxygen atoms in total. The molecule has 2 fully saturated rings. The first kappa shape index (κ1) is 62.0.